The van der Waals surface area contributed by atoms with E-state index in [1.165, 1.54) is 0 Å². The summed E-state index contributed by atoms with van der Waals surface area (Å²) in [5.74, 6) is 0.790. The van der Waals surface area contributed by atoms with Crippen molar-refractivity contribution in [3.8, 4) is 17.0 Å². The van der Waals surface area contributed by atoms with Crippen LogP contribution in [-0.2, 0) is 0 Å². The number of ether oxygens (including phenoxy) is 1. The van der Waals surface area contributed by atoms with Crippen LogP contribution in [0.1, 0.15) is 11.1 Å². The number of aromatic nitrogens is 3. The number of pyridine rings is 1. The van der Waals surface area contributed by atoms with Crippen molar-refractivity contribution in [2.75, 3.05) is 7.11 Å². The third-order valence-electron chi connectivity index (χ3n) is 4.11. The lowest BCUT2D eigenvalue weighted by Gasteiger charge is -2.06. The highest BCUT2D eigenvalue weighted by molar-refractivity contribution is 5.99. The molecule has 1 N–H and O–H groups in total. The zero-order chi connectivity index (χ0) is 17.1. The Labute approximate surface area is 145 Å². The first-order valence-electron chi connectivity index (χ1n) is 8.06. The van der Waals surface area contributed by atoms with Crippen molar-refractivity contribution >= 4 is 23.2 Å². The van der Waals surface area contributed by atoms with Crippen molar-refractivity contribution in [1.29, 1.82) is 0 Å². The molecule has 4 heteroatoms. The Morgan fingerprint density at radius 1 is 0.920 bits per heavy atom. The number of H-pyrrole nitrogens is 1. The number of para-hydroxylation sites is 1. The summed E-state index contributed by atoms with van der Waals surface area (Å²) in [6, 6.07) is 20.1. The number of nitrogens with zero attached hydrogens (tertiary/aromatic N) is 2. The molecule has 0 aliphatic carbocycles. The second-order valence-electron chi connectivity index (χ2n) is 5.64. The molecule has 4 rings (SSSR count). The Morgan fingerprint density at radius 3 is 2.56 bits per heavy atom. The summed E-state index contributed by atoms with van der Waals surface area (Å²) in [6.45, 7) is 0. The highest BCUT2D eigenvalue weighted by Gasteiger charge is 2.15. The Bertz CT molecular complexity index is 1040. The summed E-state index contributed by atoms with van der Waals surface area (Å²) in [6.07, 6.45) is 5.97. The average molecular weight is 327 g/mol. The summed E-state index contributed by atoms with van der Waals surface area (Å²) < 4.78 is 5.49. The molecular formula is C21H17N3O. The lowest BCUT2D eigenvalue weighted by Crippen LogP contribution is -1.89. The van der Waals surface area contributed by atoms with Crippen LogP contribution in [-0.4, -0.2) is 22.3 Å². The fourth-order valence-corrected chi connectivity index (χ4v) is 2.90. The van der Waals surface area contributed by atoms with E-state index in [2.05, 4.69) is 39.5 Å². The van der Waals surface area contributed by atoms with Gasteiger partial charge in [-0.1, -0.05) is 54.6 Å². The average Bonchev–Trinajstić information content (AvgIpc) is 3.12. The van der Waals surface area contributed by atoms with Gasteiger partial charge < -0.3 is 4.74 Å². The molecule has 0 spiro atoms. The van der Waals surface area contributed by atoms with Gasteiger partial charge in [-0.3, -0.25) is 5.10 Å². The second kappa shape index (κ2) is 6.61. The molecule has 4 aromatic rings. The Hall–Kier alpha value is -3.40. The number of methoxy groups -OCH3 is 1. The molecule has 25 heavy (non-hydrogen) atoms. The van der Waals surface area contributed by atoms with Crippen LogP contribution in [0.15, 0.2) is 66.9 Å². The van der Waals surface area contributed by atoms with Crippen LogP contribution < -0.4 is 4.74 Å². The molecule has 0 aliphatic heterocycles. The van der Waals surface area contributed by atoms with E-state index >= 15 is 0 Å². The van der Waals surface area contributed by atoms with E-state index in [9.17, 15) is 0 Å². The maximum atomic E-state index is 5.49. The maximum absolute atomic E-state index is 5.49. The van der Waals surface area contributed by atoms with E-state index in [0.29, 0.717) is 0 Å². The molecule has 2 heterocycles. The molecule has 0 bridgehead atoms. The van der Waals surface area contributed by atoms with Crippen molar-refractivity contribution in [3.05, 3.63) is 78.0 Å². The largest absolute Gasteiger partial charge is 0.496 e. The molecule has 0 radical (unpaired) electrons. The lowest BCUT2D eigenvalue weighted by atomic mass is 10.0. The number of rotatable bonds is 4. The quantitative estimate of drug-likeness (QED) is 0.585. The number of hydrogen-bond donors (Lipinski definition) is 1. The highest BCUT2D eigenvalue weighted by atomic mass is 16.5. The number of hydrogen-bond acceptors (Lipinski definition) is 3. The molecule has 122 valence electrons. The smallest absolute Gasteiger partial charge is 0.156 e. The van der Waals surface area contributed by atoms with Crippen LogP contribution in [0.2, 0.25) is 0 Å². The van der Waals surface area contributed by atoms with Gasteiger partial charge in [-0.25, -0.2) is 4.98 Å². The normalized spacial score (nSPS) is 11.2. The molecule has 0 saturated carbocycles. The van der Waals surface area contributed by atoms with E-state index in [0.717, 1.165) is 39.2 Å². The van der Waals surface area contributed by atoms with Crippen LogP contribution >= 0.6 is 0 Å². The van der Waals surface area contributed by atoms with Crippen LogP contribution in [0.25, 0.3) is 34.4 Å². The van der Waals surface area contributed by atoms with Crippen LogP contribution in [0, 0.1) is 0 Å². The van der Waals surface area contributed by atoms with Crippen molar-refractivity contribution in [3.63, 3.8) is 0 Å². The molecule has 0 atom stereocenters. The zero-order valence-electron chi connectivity index (χ0n) is 13.8. The number of benzene rings is 2. The monoisotopic (exact) mass is 327 g/mol. The van der Waals surface area contributed by atoms with Crippen molar-refractivity contribution in [2.24, 2.45) is 0 Å². The van der Waals surface area contributed by atoms with Crippen molar-refractivity contribution < 1.29 is 4.74 Å². The third kappa shape index (κ3) is 2.90. The zero-order valence-corrected chi connectivity index (χ0v) is 13.8. The third-order valence-corrected chi connectivity index (χ3v) is 4.11. The molecule has 0 aliphatic rings. The van der Waals surface area contributed by atoms with Gasteiger partial charge in [-0.2, -0.15) is 5.10 Å². The first kappa shape index (κ1) is 15.1. The lowest BCUT2D eigenvalue weighted by molar-refractivity contribution is 0.416. The van der Waals surface area contributed by atoms with Crippen molar-refractivity contribution in [2.45, 2.75) is 0 Å². The van der Waals surface area contributed by atoms with Crippen LogP contribution in [0.3, 0.4) is 0 Å². The summed E-state index contributed by atoms with van der Waals surface area (Å²) >= 11 is 0. The first-order valence-corrected chi connectivity index (χ1v) is 8.06. The van der Waals surface area contributed by atoms with E-state index < -0.39 is 0 Å². The van der Waals surface area contributed by atoms with E-state index in [1.54, 1.807) is 13.3 Å². The Balaban J connectivity index is 1.86. The molecule has 0 saturated heterocycles. The number of aromatic amines is 1. The molecule has 2 aromatic heterocycles. The van der Waals surface area contributed by atoms with Gasteiger partial charge in [0.15, 0.2) is 5.65 Å². The molecule has 2 aromatic carbocycles. The van der Waals surface area contributed by atoms with Crippen molar-refractivity contribution in [1.82, 2.24) is 15.2 Å². The summed E-state index contributed by atoms with van der Waals surface area (Å²) in [4.78, 5) is 4.41. The van der Waals surface area contributed by atoms with E-state index in [1.807, 2.05) is 48.5 Å². The Morgan fingerprint density at radius 2 is 1.72 bits per heavy atom. The van der Waals surface area contributed by atoms with Gasteiger partial charge in [0.1, 0.15) is 11.4 Å². The fraction of sp³-hybridized carbons (Fsp3) is 0.0476. The molecular weight excluding hydrogens is 310 g/mol. The topological polar surface area (TPSA) is 50.8 Å². The molecule has 0 fully saturated rings. The van der Waals surface area contributed by atoms with Crippen LogP contribution in [0.5, 0.6) is 5.75 Å². The van der Waals surface area contributed by atoms with E-state index in [-0.39, 0.29) is 0 Å². The van der Waals surface area contributed by atoms with Gasteiger partial charge in [0.2, 0.25) is 0 Å². The second-order valence-corrected chi connectivity index (χ2v) is 5.64. The minimum absolute atomic E-state index is 0.760. The minimum Gasteiger partial charge on any atom is -0.496 e. The predicted molar refractivity (Wildman–Crippen MR) is 101 cm³/mol. The fourth-order valence-electron chi connectivity index (χ4n) is 2.90. The first-order chi connectivity index (χ1) is 12.4. The van der Waals surface area contributed by atoms with Gasteiger partial charge in [0, 0.05) is 11.8 Å². The number of fused-ring (bicyclic) bond motifs is 1. The minimum atomic E-state index is 0.760. The maximum Gasteiger partial charge on any atom is 0.156 e. The van der Waals surface area contributed by atoms with Gasteiger partial charge >= 0.3 is 0 Å². The summed E-state index contributed by atoms with van der Waals surface area (Å²) in [5.41, 5.74) is 4.75. The van der Waals surface area contributed by atoms with Gasteiger partial charge in [0.25, 0.3) is 0 Å². The van der Waals surface area contributed by atoms with E-state index in [4.69, 9.17) is 4.74 Å². The highest BCUT2D eigenvalue weighted by Crippen LogP contribution is 2.34. The van der Waals surface area contributed by atoms with Crippen LogP contribution in [0.4, 0.5) is 0 Å². The summed E-state index contributed by atoms with van der Waals surface area (Å²) in [5, 5.41) is 8.50. The molecule has 4 nitrogen and oxygen atoms in total. The summed E-state index contributed by atoms with van der Waals surface area (Å²) in [7, 11) is 1.67. The molecule has 0 unspecified atom stereocenters. The molecule has 0 amide bonds. The number of nitrogens with one attached hydrogen (secondary N) is 1. The van der Waals surface area contributed by atoms with Gasteiger partial charge in [-0.15, -0.1) is 0 Å². The Kier molecular flexibility index (Phi) is 4.01. The van der Waals surface area contributed by atoms with Gasteiger partial charge in [-0.05, 0) is 29.3 Å². The SMILES string of the molecule is COc1ccccc1-c1n[nH]c2nccc(/C=C/c3ccccc3)c12. The predicted octanol–water partition coefficient (Wildman–Crippen LogP) is 4.80. The standard InChI is InChI=1S/C21H17N3O/c1-25-18-10-6-5-9-17(18)20-19-16(13-14-22-21(19)24-23-20)12-11-15-7-3-2-4-8-15/h2-14H,1H3,(H,22,23,24)/b12-11+. The van der Waals surface area contributed by atoms with Gasteiger partial charge in [0.05, 0.1) is 12.5 Å².